The van der Waals surface area contributed by atoms with Crippen LogP contribution in [0, 0.1) is 0 Å². The highest BCUT2D eigenvalue weighted by Crippen LogP contribution is 2.07. The van der Waals surface area contributed by atoms with Gasteiger partial charge in [-0.25, -0.2) is 0 Å². The average molecular weight is 269 g/mol. The van der Waals surface area contributed by atoms with E-state index in [9.17, 15) is 4.79 Å². The maximum atomic E-state index is 11.6. The summed E-state index contributed by atoms with van der Waals surface area (Å²) < 4.78 is 5.47. The van der Waals surface area contributed by atoms with Crippen molar-refractivity contribution in [3.63, 3.8) is 0 Å². The molecule has 4 nitrogen and oxygen atoms in total. The minimum absolute atomic E-state index is 0. The predicted octanol–water partition coefficient (Wildman–Crippen LogP) is 1.13. The molecule has 1 aliphatic rings. The molecule has 0 radical (unpaired) electrons. The molecule has 18 heavy (non-hydrogen) atoms. The molecule has 0 saturated heterocycles. The summed E-state index contributed by atoms with van der Waals surface area (Å²) in [5.41, 5.74) is 0. The van der Waals surface area contributed by atoms with Gasteiger partial charge in [0, 0.05) is 6.54 Å². The van der Waals surface area contributed by atoms with Gasteiger partial charge in [-0.2, -0.15) is 0 Å². The van der Waals surface area contributed by atoms with Crippen molar-refractivity contribution in [2.24, 2.45) is 0 Å². The molecular formula is C13H17ClN2O2. The Hall–Kier alpha value is -1.52. The summed E-state index contributed by atoms with van der Waals surface area (Å²) in [5.74, 6) is 0.816. The van der Waals surface area contributed by atoms with Gasteiger partial charge in [0.1, 0.15) is 18.4 Å². The third-order valence-electron chi connectivity index (χ3n) is 2.48. The summed E-state index contributed by atoms with van der Waals surface area (Å²) in [6.07, 6.45) is 3.82. The van der Waals surface area contributed by atoms with E-state index >= 15 is 0 Å². The number of ether oxygens (including phenoxy) is 1. The highest BCUT2D eigenvalue weighted by atomic mass is 35.5. The van der Waals surface area contributed by atoms with Gasteiger partial charge in [0.15, 0.2) is 0 Å². The zero-order valence-electron chi connectivity index (χ0n) is 9.96. The van der Waals surface area contributed by atoms with Gasteiger partial charge in [-0.3, -0.25) is 10.1 Å². The molecule has 1 aromatic rings. The summed E-state index contributed by atoms with van der Waals surface area (Å²) in [7, 11) is 0. The topological polar surface area (TPSA) is 50.4 Å². The van der Waals surface area contributed by atoms with E-state index < -0.39 is 0 Å². The summed E-state index contributed by atoms with van der Waals surface area (Å²) in [4.78, 5) is 11.6. The van der Waals surface area contributed by atoms with Crippen molar-refractivity contribution >= 4 is 18.3 Å². The number of amides is 1. The van der Waals surface area contributed by atoms with Crippen molar-refractivity contribution < 1.29 is 9.53 Å². The van der Waals surface area contributed by atoms with Crippen molar-refractivity contribution in [1.82, 2.24) is 10.6 Å². The average Bonchev–Trinajstić information content (AvgIpc) is 2.89. The standard InChI is InChI=1S/C13H16N2O2.ClH/c16-13(12-7-4-8-14-12)15-9-10-17-11-5-2-1-3-6-11;/h1-7,12,14H,8-10H2,(H,15,16);1H. The number of rotatable bonds is 5. The van der Waals surface area contributed by atoms with Crippen molar-refractivity contribution in [3.8, 4) is 5.75 Å². The predicted molar refractivity (Wildman–Crippen MR) is 73.1 cm³/mol. The Labute approximate surface area is 113 Å². The zero-order chi connectivity index (χ0) is 11.9. The Morgan fingerprint density at radius 2 is 2.17 bits per heavy atom. The van der Waals surface area contributed by atoms with Crippen LogP contribution in [0.4, 0.5) is 0 Å². The van der Waals surface area contributed by atoms with Gasteiger partial charge in [0.25, 0.3) is 0 Å². The van der Waals surface area contributed by atoms with Crippen LogP contribution in [0.3, 0.4) is 0 Å². The van der Waals surface area contributed by atoms with Gasteiger partial charge < -0.3 is 10.1 Å². The highest BCUT2D eigenvalue weighted by Gasteiger charge is 2.16. The second kappa shape index (κ2) is 7.74. The van der Waals surface area contributed by atoms with Crippen LogP contribution in [0.15, 0.2) is 42.5 Å². The van der Waals surface area contributed by atoms with Crippen LogP contribution in [0.1, 0.15) is 0 Å². The number of hydrogen-bond acceptors (Lipinski definition) is 3. The number of carbonyl (C=O) groups excluding carboxylic acids is 1. The van der Waals surface area contributed by atoms with E-state index in [4.69, 9.17) is 4.74 Å². The smallest absolute Gasteiger partial charge is 0.241 e. The van der Waals surface area contributed by atoms with E-state index in [0.717, 1.165) is 12.3 Å². The molecule has 0 spiro atoms. The molecule has 1 aromatic carbocycles. The Morgan fingerprint density at radius 3 is 2.83 bits per heavy atom. The molecule has 0 bridgehead atoms. The molecule has 98 valence electrons. The van der Waals surface area contributed by atoms with Crippen molar-refractivity contribution in [3.05, 3.63) is 42.5 Å². The Kier molecular flexibility index (Phi) is 6.25. The molecule has 1 unspecified atom stereocenters. The van der Waals surface area contributed by atoms with Gasteiger partial charge >= 0.3 is 0 Å². The minimum atomic E-state index is -0.188. The van der Waals surface area contributed by atoms with Gasteiger partial charge in [-0.15, -0.1) is 12.4 Å². The molecule has 0 fully saturated rings. The minimum Gasteiger partial charge on any atom is -0.492 e. The van der Waals surface area contributed by atoms with Crippen molar-refractivity contribution in [2.75, 3.05) is 19.7 Å². The van der Waals surface area contributed by atoms with Gasteiger partial charge in [-0.1, -0.05) is 30.4 Å². The number of carbonyl (C=O) groups is 1. The molecule has 2 N–H and O–H groups in total. The number of hydrogen-bond donors (Lipinski definition) is 2. The van der Waals surface area contributed by atoms with E-state index in [1.54, 1.807) is 0 Å². The van der Waals surface area contributed by atoms with Crippen LogP contribution < -0.4 is 15.4 Å². The summed E-state index contributed by atoms with van der Waals surface area (Å²) in [5, 5.41) is 5.87. The molecule has 0 saturated carbocycles. The first-order valence-electron chi connectivity index (χ1n) is 5.72. The largest absolute Gasteiger partial charge is 0.492 e. The fourth-order valence-electron chi connectivity index (χ4n) is 1.62. The SMILES string of the molecule is Cl.O=C(NCCOc1ccccc1)C1C=CCN1. The van der Waals surface area contributed by atoms with Crippen LogP contribution in [-0.4, -0.2) is 31.6 Å². The van der Waals surface area contributed by atoms with E-state index in [0.29, 0.717) is 13.2 Å². The molecule has 2 rings (SSSR count). The lowest BCUT2D eigenvalue weighted by Crippen LogP contribution is -2.41. The zero-order valence-corrected chi connectivity index (χ0v) is 10.8. The lowest BCUT2D eigenvalue weighted by Gasteiger charge is -2.11. The lowest BCUT2D eigenvalue weighted by atomic mass is 10.3. The first kappa shape index (κ1) is 14.5. The monoisotopic (exact) mass is 268 g/mol. The van der Waals surface area contributed by atoms with E-state index in [1.807, 2.05) is 42.5 Å². The lowest BCUT2D eigenvalue weighted by molar-refractivity contribution is -0.121. The Bertz CT molecular complexity index is 395. The van der Waals surface area contributed by atoms with E-state index in [2.05, 4.69) is 10.6 Å². The maximum Gasteiger partial charge on any atom is 0.241 e. The molecule has 0 aromatic heterocycles. The molecular weight excluding hydrogens is 252 g/mol. The number of benzene rings is 1. The van der Waals surface area contributed by atoms with Gasteiger partial charge in [-0.05, 0) is 12.1 Å². The van der Waals surface area contributed by atoms with E-state index in [1.165, 1.54) is 0 Å². The highest BCUT2D eigenvalue weighted by molar-refractivity contribution is 5.85. The molecule has 1 atom stereocenters. The Balaban J connectivity index is 0.00000162. The van der Waals surface area contributed by atoms with Crippen LogP contribution in [-0.2, 0) is 4.79 Å². The third kappa shape index (κ3) is 4.39. The molecule has 1 heterocycles. The van der Waals surface area contributed by atoms with Crippen molar-refractivity contribution in [2.45, 2.75) is 6.04 Å². The molecule has 1 amide bonds. The first-order chi connectivity index (χ1) is 8.36. The summed E-state index contributed by atoms with van der Waals surface area (Å²) >= 11 is 0. The third-order valence-corrected chi connectivity index (χ3v) is 2.48. The van der Waals surface area contributed by atoms with Crippen molar-refractivity contribution in [1.29, 1.82) is 0 Å². The fraction of sp³-hybridized carbons (Fsp3) is 0.308. The van der Waals surface area contributed by atoms with Gasteiger partial charge in [0.2, 0.25) is 5.91 Å². The van der Waals surface area contributed by atoms with Crippen LogP contribution in [0.2, 0.25) is 0 Å². The molecule has 5 heteroatoms. The van der Waals surface area contributed by atoms with Crippen LogP contribution in [0.5, 0.6) is 5.75 Å². The molecule has 0 aliphatic carbocycles. The fourth-order valence-corrected chi connectivity index (χ4v) is 1.62. The number of nitrogens with one attached hydrogen (secondary N) is 2. The first-order valence-corrected chi connectivity index (χ1v) is 5.72. The maximum absolute atomic E-state index is 11.6. The number of halogens is 1. The van der Waals surface area contributed by atoms with Crippen LogP contribution >= 0.6 is 12.4 Å². The van der Waals surface area contributed by atoms with Crippen LogP contribution in [0.25, 0.3) is 0 Å². The van der Waals surface area contributed by atoms with Gasteiger partial charge in [0.05, 0.1) is 6.54 Å². The molecule has 1 aliphatic heterocycles. The Morgan fingerprint density at radius 1 is 1.39 bits per heavy atom. The second-order valence-electron chi connectivity index (χ2n) is 3.77. The summed E-state index contributed by atoms with van der Waals surface area (Å²) in [6, 6.07) is 9.37. The normalized spacial score (nSPS) is 17.0. The quantitative estimate of drug-likeness (QED) is 0.622. The second-order valence-corrected chi connectivity index (χ2v) is 3.77. The number of para-hydroxylation sites is 1. The van der Waals surface area contributed by atoms with E-state index in [-0.39, 0.29) is 24.4 Å². The summed E-state index contributed by atoms with van der Waals surface area (Å²) in [6.45, 7) is 1.75.